The molecule has 0 bridgehead atoms. The van der Waals surface area contributed by atoms with Crippen molar-refractivity contribution in [3.63, 3.8) is 0 Å². The number of amides is 1. The molecule has 1 amide bonds. The standard InChI is InChI=1S/C13H16BrFN2O3/c1-8(2)5-10(7-14)16-13(18)11-6-9(15)3-4-12(11)17(19)20/h3-4,6,8,10H,5,7H2,1-2H3,(H,16,18). The fourth-order valence-corrected chi connectivity index (χ4v) is 2.27. The summed E-state index contributed by atoms with van der Waals surface area (Å²) in [5.41, 5.74) is -0.661. The lowest BCUT2D eigenvalue weighted by Gasteiger charge is -2.18. The topological polar surface area (TPSA) is 72.2 Å². The first-order valence-electron chi connectivity index (χ1n) is 6.16. The van der Waals surface area contributed by atoms with Crippen LogP contribution in [0.3, 0.4) is 0 Å². The number of nitrogens with zero attached hydrogens (tertiary/aromatic N) is 1. The molecule has 1 atom stereocenters. The predicted molar refractivity (Wildman–Crippen MR) is 77.6 cm³/mol. The molecule has 0 saturated heterocycles. The maximum absolute atomic E-state index is 13.2. The molecule has 5 nitrogen and oxygen atoms in total. The maximum Gasteiger partial charge on any atom is 0.282 e. The molecular weight excluding hydrogens is 331 g/mol. The van der Waals surface area contributed by atoms with Crippen molar-refractivity contribution < 1.29 is 14.1 Å². The molecule has 1 N–H and O–H groups in total. The minimum Gasteiger partial charge on any atom is -0.348 e. The van der Waals surface area contributed by atoms with Crippen molar-refractivity contribution in [3.05, 3.63) is 39.7 Å². The second-order valence-electron chi connectivity index (χ2n) is 4.87. The van der Waals surface area contributed by atoms with E-state index in [1.165, 1.54) is 0 Å². The number of rotatable bonds is 6. The van der Waals surface area contributed by atoms with Gasteiger partial charge in [-0.1, -0.05) is 29.8 Å². The first-order chi connectivity index (χ1) is 9.35. The molecule has 0 aliphatic carbocycles. The third-order valence-corrected chi connectivity index (χ3v) is 3.46. The number of benzene rings is 1. The van der Waals surface area contributed by atoms with E-state index >= 15 is 0 Å². The van der Waals surface area contributed by atoms with E-state index in [2.05, 4.69) is 21.2 Å². The number of hydrogen-bond acceptors (Lipinski definition) is 3. The Bertz CT molecular complexity index is 508. The van der Waals surface area contributed by atoms with E-state index in [0.29, 0.717) is 11.2 Å². The first-order valence-corrected chi connectivity index (χ1v) is 7.28. The largest absolute Gasteiger partial charge is 0.348 e. The zero-order valence-electron chi connectivity index (χ0n) is 11.2. The molecule has 0 heterocycles. The van der Waals surface area contributed by atoms with Crippen LogP contribution in [0, 0.1) is 21.8 Å². The van der Waals surface area contributed by atoms with E-state index in [1.807, 2.05) is 13.8 Å². The average molecular weight is 347 g/mol. The smallest absolute Gasteiger partial charge is 0.282 e. The van der Waals surface area contributed by atoms with Crippen molar-refractivity contribution in [1.82, 2.24) is 5.32 Å². The van der Waals surface area contributed by atoms with Gasteiger partial charge in [0.1, 0.15) is 11.4 Å². The van der Waals surface area contributed by atoms with E-state index in [9.17, 15) is 19.3 Å². The van der Waals surface area contributed by atoms with Gasteiger partial charge in [0.2, 0.25) is 0 Å². The van der Waals surface area contributed by atoms with Crippen molar-refractivity contribution in [2.45, 2.75) is 26.3 Å². The summed E-state index contributed by atoms with van der Waals surface area (Å²) in [6.45, 7) is 4.01. The van der Waals surface area contributed by atoms with Crippen LogP contribution in [-0.2, 0) is 0 Å². The summed E-state index contributed by atoms with van der Waals surface area (Å²) in [4.78, 5) is 22.2. The molecule has 0 saturated carbocycles. The lowest BCUT2D eigenvalue weighted by molar-refractivity contribution is -0.385. The van der Waals surface area contributed by atoms with Gasteiger partial charge in [0.15, 0.2) is 0 Å². The van der Waals surface area contributed by atoms with Crippen molar-refractivity contribution in [1.29, 1.82) is 0 Å². The third-order valence-electron chi connectivity index (χ3n) is 2.68. The average Bonchev–Trinajstić information content (AvgIpc) is 2.36. The van der Waals surface area contributed by atoms with E-state index in [4.69, 9.17) is 0 Å². The van der Waals surface area contributed by atoms with Crippen LogP contribution in [0.1, 0.15) is 30.6 Å². The number of carbonyl (C=O) groups excluding carboxylic acids is 1. The van der Waals surface area contributed by atoms with Gasteiger partial charge in [0.25, 0.3) is 11.6 Å². The lowest BCUT2D eigenvalue weighted by Crippen LogP contribution is -2.37. The molecule has 0 aromatic heterocycles. The molecule has 110 valence electrons. The highest BCUT2D eigenvalue weighted by molar-refractivity contribution is 9.09. The quantitative estimate of drug-likeness (QED) is 0.488. The minimum absolute atomic E-state index is 0.162. The molecule has 1 unspecified atom stereocenters. The van der Waals surface area contributed by atoms with Crippen LogP contribution in [0.2, 0.25) is 0 Å². The third kappa shape index (κ3) is 4.56. The second-order valence-corrected chi connectivity index (χ2v) is 5.52. The number of halogens is 2. The Labute approximate surface area is 124 Å². The number of nitrogens with one attached hydrogen (secondary N) is 1. The highest BCUT2D eigenvalue weighted by Crippen LogP contribution is 2.20. The van der Waals surface area contributed by atoms with Crippen LogP contribution in [0.4, 0.5) is 10.1 Å². The Morgan fingerprint density at radius 2 is 2.15 bits per heavy atom. The summed E-state index contributed by atoms with van der Waals surface area (Å²) in [7, 11) is 0. The predicted octanol–water partition coefficient (Wildman–Crippen LogP) is 3.27. The van der Waals surface area contributed by atoms with Gasteiger partial charge in [-0.05, 0) is 24.5 Å². The van der Waals surface area contributed by atoms with E-state index in [0.717, 1.165) is 24.6 Å². The number of carbonyl (C=O) groups is 1. The molecule has 1 aromatic rings. The highest BCUT2D eigenvalue weighted by Gasteiger charge is 2.23. The van der Waals surface area contributed by atoms with Crippen LogP contribution in [0.5, 0.6) is 0 Å². The van der Waals surface area contributed by atoms with Crippen molar-refractivity contribution in [2.75, 3.05) is 5.33 Å². The van der Waals surface area contributed by atoms with Crippen molar-refractivity contribution in [2.24, 2.45) is 5.92 Å². The van der Waals surface area contributed by atoms with Gasteiger partial charge in [0.05, 0.1) is 4.92 Å². The van der Waals surface area contributed by atoms with Crippen LogP contribution < -0.4 is 5.32 Å². The Morgan fingerprint density at radius 3 is 2.65 bits per heavy atom. The van der Waals surface area contributed by atoms with Gasteiger partial charge in [-0.2, -0.15) is 0 Å². The molecule has 1 aromatic carbocycles. The van der Waals surface area contributed by atoms with Crippen molar-refractivity contribution >= 4 is 27.5 Å². The number of hydrogen-bond donors (Lipinski definition) is 1. The molecule has 7 heteroatoms. The number of nitro benzene ring substituents is 1. The minimum atomic E-state index is -0.695. The van der Waals surface area contributed by atoms with Crippen LogP contribution in [0.25, 0.3) is 0 Å². The highest BCUT2D eigenvalue weighted by atomic mass is 79.9. The molecule has 0 fully saturated rings. The summed E-state index contributed by atoms with van der Waals surface area (Å²) >= 11 is 3.28. The SMILES string of the molecule is CC(C)CC(CBr)NC(=O)c1cc(F)ccc1[N+](=O)[O-]. The Balaban J connectivity index is 2.96. The van der Waals surface area contributed by atoms with Gasteiger partial charge in [-0.3, -0.25) is 14.9 Å². The fourth-order valence-electron chi connectivity index (χ4n) is 1.84. The Hall–Kier alpha value is -1.50. The number of alkyl halides is 1. The summed E-state index contributed by atoms with van der Waals surface area (Å²) in [5, 5.41) is 14.1. The van der Waals surface area contributed by atoms with Gasteiger partial charge >= 0.3 is 0 Å². The van der Waals surface area contributed by atoms with Crippen LogP contribution in [0.15, 0.2) is 18.2 Å². The number of nitro groups is 1. The molecule has 0 aliphatic rings. The second kappa shape index (κ2) is 7.33. The Kier molecular flexibility index (Phi) is 6.06. The van der Waals surface area contributed by atoms with Crippen LogP contribution >= 0.6 is 15.9 Å². The molecular formula is C13H16BrFN2O3. The first kappa shape index (κ1) is 16.6. The van der Waals surface area contributed by atoms with Gasteiger partial charge in [-0.25, -0.2) is 4.39 Å². The Morgan fingerprint density at radius 1 is 1.50 bits per heavy atom. The van der Waals surface area contributed by atoms with E-state index in [1.54, 1.807) is 0 Å². The lowest BCUT2D eigenvalue weighted by atomic mass is 10.0. The molecule has 0 aliphatic heterocycles. The van der Waals surface area contributed by atoms with Gasteiger partial charge in [0, 0.05) is 17.4 Å². The summed E-state index contributed by atoms with van der Waals surface area (Å²) < 4.78 is 13.2. The van der Waals surface area contributed by atoms with Gasteiger partial charge in [-0.15, -0.1) is 0 Å². The monoisotopic (exact) mass is 346 g/mol. The van der Waals surface area contributed by atoms with E-state index in [-0.39, 0.29) is 11.6 Å². The summed E-state index contributed by atoms with van der Waals surface area (Å²) in [6, 6.07) is 2.68. The zero-order chi connectivity index (χ0) is 15.3. The van der Waals surface area contributed by atoms with E-state index < -0.39 is 22.3 Å². The molecule has 0 spiro atoms. The molecule has 1 rings (SSSR count). The molecule has 0 radical (unpaired) electrons. The summed E-state index contributed by atoms with van der Waals surface area (Å²) in [6.07, 6.45) is 0.722. The normalized spacial score (nSPS) is 12.2. The maximum atomic E-state index is 13.2. The van der Waals surface area contributed by atoms with Crippen molar-refractivity contribution in [3.8, 4) is 0 Å². The zero-order valence-corrected chi connectivity index (χ0v) is 12.8. The fraction of sp³-hybridized carbons (Fsp3) is 0.462. The summed E-state index contributed by atoms with van der Waals surface area (Å²) in [5.74, 6) is -0.957. The van der Waals surface area contributed by atoms with Crippen LogP contribution in [-0.4, -0.2) is 22.2 Å². The van der Waals surface area contributed by atoms with Gasteiger partial charge < -0.3 is 5.32 Å². The molecule has 20 heavy (non-hydrogen) atoms.